The van der Waals surface area contributed by atoms with Gasteiger partial charge in [-0.05, 0) is 19.8 Å². The SMILES string of the molecule is Cc1cc(N(CCN)CC(C)C)nc(C)n1. The molecule has 4 heteroatoms. The van der Waals surface area contributed by atoms with Crippen LogP contribution in [0, 0.1) is 19.8 Å². The van der Waals surface area contributed by atoms with E-state index in [0.717, 1.165) is 30.4 Å². The minimum absolute atomic E-state index is 0.599. The summed E-state index contributed by atoms with van der Waals surface area (Å²) in [4.78, 5) is 11.0. The zero-order valence-corrected chi connectivity index (χ0v) is 10.7. The fourth-order valence-electron chi connectivity index (χ4n) is 1.76. The third kappa shape index (κ3) is 3.77. The van der Waals surface area contributed by atoms with Gasteiger partial charge in [-0.15, -0.1) is 0 Å². The number of nitrogens with zero attached hydrogens (tertiary/aromatic N) is 3. The lowest BCUT2D eigenvalue weighted by Gasteiger charge is -2.25. The van der Waals surface area contributed by atoms with Gasteiger partial charge in [0, 0.05) is 31.4 Å². The zero-order chi connectivity index (χ0) is 12.1. The Kier molecular flexibility index (Phi) is 4.68. The van der Waals surface area contributed by atoms with Gasteiger partial charge in [0.2, 0.25) is 0 Å². The minimum Gasteiger partial charge on any atom is -0.355 e. The maximum absolute atomic E-state index is 5.63. The molecule has 4 nitrogen and oxygen atoms in total. The second-order valence-electron chi connectivity index (χ2n) is 4.54. The zero-order valence-electron chi connectivity index (χ0n) is 10.7. The van der Waals surface area contributed by atoms with Crippen molar-refractivity contribution >= 4 is 5.82 Å². The number of aromatic nitrogens is 2. The quantitative estimate of drug-likeness (QED) is 0.820. The van der Waals surface area contributed by atoms with Crippen molar-refractivity contribution in [1.82, 2.24) is 9.97 Å². The molecule has 1 aromatic rings. The maximum atomic E-state index is 5.63. The molecule has 90 valence electrons. The van der Waals surface area contributed by atoms with Crippen LogP contribution in [0.25, 0.3) is 0 Å². The van der Waals surface area contributed by atoms with Crippen LogP contribution in [0.1, 0.15) is 25.4 Å². The molecule has 0 saturated heterocycles. The molecular formula is C12H22N4. The maximum Gasteiger partial charge on any atom is 0.132 e. The summed E-state index contributed by atoms with van der Waals surface area (Å²) in [7, 11) is 0. The normalized spacial score (nSPS) is 10.9. The highest BCUT2D eigenvalue weighted by molar-refractivity contribution is 5.39. The lowest BCUT2D eigenvalue weighted by Crippen LogP contribution is -2.33. The first-order chi connectivity index (χ1) is 7.52. The molecule has 16 heavy (non-hydrogen) atoms. The highest BCUT2D eigenvalue weighted by atomic mass is 15.2. The molecular weight excluding hydrogens is 200 g/mol. The van der Waals surface area contributed by atoms with E-state index in [4.69, 9.17) is 5.73 Å². The summed E-state index contributed by atoms with van der Waals surface area (Å²) < 4.78 is 0. The van der Waals surface area contributed by atoms with Crippen LogP contribution >= 0.6 is 0 Å². The molecule has 0 unspecified atom stereocenters. The van der Waals surface area contributed by atoms with Gasteiger partial charge in [-0.3, -0.25) is 0 Å². The van der Waals surface area contributed by atoms with Crippen molar-refractivity contribution in [2.45, 2.75) is 27.7 Å². The fraction of sp³-hybridized carbons (Fsp3) is 0.667. The molecule has 0 radical (unpaired) electrons. The van der Waals surface area contributed by atoms with E-state index < -0.39 is 0 Å². The van der Waals surface area contributed by atoms with Crippen LogP contribution in [0.5, 0.6) is 0 Å². The van der Waals surface area contributed by atoms with Gasteiger partial charge >= 0.3 is 0 Å². The molecule has 0 atom stereocenters. The third-order valence-electron chi connectivity index (χ3n) is 2.26. The summed E-state index contributed by atoms with van der Waals surface area (Å²) in [5.41, 5.74) is 6.64. The number of aryl methyl sites for hydroxylation is 2. The highest BCUT2D eigenvalue weighted by Crippen LogP contribution is 2.13. The second kappa shape index (κ2) is 5.80. The first-order valence-corrected chi connectivity index (χ1v) is 5.80. The highest BCUT2D eigenvalue weighted by Gasteiger charge is 2.10. The van der Waals surface area contributed by atoms with Crippen molar-refractivity contribution in [3.63, 3.8) is 0 Å². The standard InChI is InChI=1S/C12H22N4/c1-9(2)8-16(6-5-13)12-7-10(3)14-11(4)15-12/h7,9H,5-6,8,13H2,1-4H3. The molecule has 1 rings (SSSR count). The van der Waals surface area contributed by atoms with Crippen molar-refractivity contribution in [3.05, 3.63) is 17.6 Å². The van der Waals surface area contributed by atoms with Crippen molar-refractivity contribution < 1.29 is 0 Å². The molecule has 0 spiro atoms. The Bertz CT molecular complexity index is 316. The Labute approximate surface area is 97.9 Å². The lowest BCUT2D eigenvalue weighted by molar-refractivity contribution is 0.606. The van der Waals surface area contributed by atoms with Crippen LogP contribution in [-0.4, -0.2) is 29.6 Å². The van der Waals surface area contributed by atoms with Crippen LogP contribution in [0.3, 0.4) is 0 Å². The van der Waals surface area contributed by atoms with E-state index in [1.54, 1.807) is 0 Å². The molecule has 0 amide bonds. The van der Waals surface area contributed by atoms with Gasteiger partial charge in [-0.2, -0.15) is 0 Å². The number of hydrogen-bond donors (Lipinski definition) is 1. The Morgan fingerprint density at radius 3 is 2.50 bits per heavy atom. The Morgan fingerprint density at radius 1 is 1.31 bits per heavy atom. The van der Waals surface area contributed by atoms with Crippen LogP contribution in [0.4, 0.5) is 5.82 Å². The van der Waals surface area contributed by atoms with Crippen LogP contribution < -0.4 is 10.6 Å². The molecule has 1 heterocycles. The van der Waals surface area contributed by atoms with Gasteiger partial charge in [0.05, 0.1) is 0 Å². The average molecular weight is 222 g/mol. The molecule has 0 fully saturated rings. The molecule has 0 aliphatic heterocycles. The number of rotatable bonds is 5. The first kappa shape index (κ1) is 12.9. The van der Waals surface area contributed by atoms with Crippen molar-refractivity contribution in [2.24, 2.45) is 11.7 Å². The predicted molar refractivity (Wildman–Crippen MR) is 67.6 cm³/mol. The van der Waals surface area contributed by atoms with Crippen LogP contribution in [-0.2, 0) is 0 Å². The molecule has 1 aromatic heterocycles. The molecule has 0 bridgehead atoms. The molecule has 0 aromatic carbocycles. The van der Waals surface area contributed by atoms with E-state index in [9.17, 15) is 0 Å². The summed E-state index contributed by atoms with van der Waals surface area (Å²) >= 11 is 0. The van der Waals surface area contributed by atoms with Gasteiger partial charge in [0.25, 0.3) is 0 Å². The lowest BCUT2D eigenvalue weighted by atomic mass is 10.2. The molecule has 2 N–H and O–H groups in total. The van der Waals surface area contributed by atoms with Crippen LogP contribution in [0.15, 0.2) is 6.07 Å². The van der Waals surface area contributed by atoms with Crippen molar-refractivity contribution in [3.8, 4) is 0 Å². The second-order valence-corrected chi connectivity index (χ2v) is 4.54. The summed E-state index contributed by atoms with van der Waals surface area (Å²) in [5.74, 6) is 2.41. The van der Waals surface area contributed by atoms with Gasteiger partial charge in [0.1, 0.15) is 11.6 Å². The third-order valence-corrected chi connectivity index (χ3v) is 2.26. The number of hydrogen-bond acceptors (Lipinski definition) is 4. The Morgan fingerprint density at radius 2 is 2.00 bits per heavy atom. The first-order valence-electron chi connectivity index (χ1n) is 5.80. The van der Waals surface area contributed by atoms with E-state index >= 15 is 0 Å². The number of anilines is 1. The monoisotopic (exact) mass is 222 g/mol. The Hall–Kier alpha value is -1.16. The smallest absolute Gasteiger partial charge is 0.132 e. The fourth-order valence-corrected chi connectivity index (χ4v) is 1.76. The van der Waals surface area contributed by atoms with Gasteiger partial charge in [-0.25, -0.2) is 9.97 Å². The summed E-state index contributed by atoms with van der Waals surface area (Å²) in [6.07, 6.45) is 0. The molecule has 0 aliphatic rings. The van der Waals surface area contributed by atoms with E-state index in [1.807, 2.05) is 19.9 Å². The van der Waals surface area contributed by atoms with Crippen LogP contribution in [0.2, 0.25) is 0 Å². The molecule has 0 aliphatic carbocycles. The topological polar surface area (TPSA) is 55.0 Å². The van der Waals surface area contributed by atoms with Crippen molar-refractivity contribution in [1.29, 1.82) is 0 Å². The average Bonchev–Trinajstić information content (AvgIpc) is 2.14. The van der Waals surface area contributed by atoms with E-state index in [1.165, 1.54) is 0 Å². The van der Waals surface area contributed by atoms with E-state index in [-0.39, 0.29) is 0 Å². The summed E-state index contributed by atoms with van der Waals surface area (Å²) in [6.45, 7) is 10.8. The summed E-state index contributed by atoms with van der Waals surface area (Å²) in [5, 5.41) is 0. The van der Waals surface area contributed by atoms with Gasteiger partial charge < -0.3 is 10.6 Å². The largest absolute Gasteiger partial charge is 0.355 e. The van der Waals surface area contributed by atoms with E-state index in [2.05, 4.69) is 28.7 Å². The Balaban J connectivity index is 2.90. The summed E-state index contributed by atoms with van der Waals surface area (Å²) in [6, 6.07) is 2.02. The van der Waals surface area contributed by atoms with Crippen molar-refractivity contribution in [2.75, 3.05) is 24.5 Å². The molecule has 0 saturated carbocycles. The van der Waals surface area contributed by atoms with Gasteiger partial charge in [-0.1, -0.05) is 13.8 Å². The predicted octanol–water partition coefficient (Wildman–Crippen LogP) is 1.51. The van der Waals surface area contributed by atoms with E-state index in [0.29, 0.717) is 12.5 Å². The minimum atomic E-state index is 0.599. The van der Waals surface area contributed by atoms with Gasteiger partial charge in [0.15, 0.2) is 0 Å². The number of nitrogens with two attached hydrogens (primary N) is 1.